The Bertz CT molecular complexity index is 318. The molecule has 13 heavy (non-hydrogen) atoms. The van der Waals surface area contributed by atoms with Crippen molar-refractivity contribution in [2.45, 2.75) is 19.3 Å². The van der Waals surface area contributed by atoms with Crippen molar-refractivity contribution in [3.8, 4) is 0 Å². The van der Waals surface area contributed by atoms with E-state index in [1.54, 1.807) is 7.05 Å². The minimum absolute atomic E-state index is 0.134. The van der Waals surface area contributed by atoms with Crippen LogP contribution in [0.5, 0.6) is 0 Å². The number of aromatic nitrogens is 2. The third kappa shape index (κ3) is 1.43. The maximum absolute atomic E-state index is 11.4. The highest BCUT2D eigenvalue weighted by Crippen LogP contribution is 2.23. The highest BCUT2D eigenvalue weighted by molar-refractivity contribution is 5.78. The lowest BCUT2D eigenvalue weighted by Crippen LogP contribution is -2.31. The minimum atomic E-state index is 0.134. The van der Waals surface area contributed by atoms with Gasteiger partial charge >= 0.3 is 0 Å². The molecule has 4 nitrogen and oxygen atoms in total. The lowest BCUT2D eigenvalue weighted by molar-refractivity contribution is -0.124. The smallest absolute Gasteiger partial charge is 0.223 e. The van der Waals surface area contributed by atoms with Gasteiger partial charge in [-0.1, -0.05) is 0 Å². The van der Waals surface area contributed by atoms with E-state index in [0.29, 0.717) is 0 Å². The van der Waals surface area contributed by atoms with Crippen LogP contribution < -0.4 is 5.32 Å². The van der Waals surface area contributed by atoms with Crippen LogP contribution in [0.15, 0.2) is 6.20 Å². The number of amides is 1. The normalized spacial score (nSPS) is 20.8. The van der Waals surface area contributed by atoms with Crippen molar-refractivity contribution in [1.82, 2.24) is 15.5 Å². The first-order valence-corrected chi connectivity index (χ1v) is 4.54. The van der Waals surface area contributed by atoms with Gasteiger partial charge in [0.05, 0.1) is 6.20 Å². The quantitative estimate of drug-likeness (QED) is 0.649. The summed E-state index contributed by atoms with van der Waals surface area (Å²) < 4.78 is 0. The number of aryl methyl sites for hydroxylation is 1. The number of carbonyl (C=O) groups is 1. The minimum Gasteiger partial charge on any atom is -0.359 e. The second-order valence-corrected chi connectivity index (χ2v) is 3.43. The number of rotatable bonds is 1. The number of nitrogens with one attached hydrogen (secondary N) is 2. The molecule has 0 radical (unpaired) electrons. The molecule has 1 unspecified atom stereocenters. The molecule has 0 aromatic carbocycles. The molecule has 1 heterocycles. The van der Waals surface area contributed by atoms with Crippen LogP contribution in [0.2, 0.25) is 0 Å². The average molecular weight is 179 g/mol. The molecule has 2 N–H and O–H groups in total. The molecule has 4 heteroatoms. The van der Waals surface area contributed by atoms with Gasteiger partial charge in [-0.15, -0.1) is 0 Å². The fraction of sp³-hybridized carbons (Fsp3) is 0.556. The fourth-order valence-corrected chi connectivity index (χ4v) is 1.84. The van der Waals surface area contributed by atoms with Crippen LogP contribution in [0.4, 0.5) is 0 Å². The summed E-state index contributed by atoms with van der Waals surface area (Å²) in [4.78, 5) is 11.4. The predicted molar refractivity (Wildman–Crippen MR) is 48.2 cm³/mol. The van der Waals surface area contributed by atoms with Crippen molar-refractivity contribution in [3.05, 3.63) is 17.5 Å². The highest BCUT2D eigenvalue weighted by atomic mass is 16.1. The summed E-state index contributed by atoms with van der Waals surface area (Å²) >= 11 is 0. The lowest BCUT2D eigenvalue weighted by Gasteiger charge is -2.19. The molecule has 1 amide bonds. The molecular weight excluding hydrogens is 166 g/mol. The van der Waals surface area contributed by atoms with Gasteiger partial charge in [-0.3, -0.25) is 9.89 Å². The number of nitrogens with zero attached hydrogens (tertiary/aromatic N) is 1. The number of aromatic amines is 1. The Labute approximate surface area is 76.7 Å². The Hall–Kier alpha value is -1.32. The number of carbonyl (C=O) groups excluding carboxylic acids is 1. The maximum Gasteiger partial charge on any atom is 0.223 e. The van der Waals surface area contributed by atoms with Crippen LogP contribution in [0.25, 0.3) is 0 Å². The molecule has 1 aromatic heterocycles. The van der Waals surface area contributed by atoms with Crippen LogP contribution in [0.1, 0.15) is 17.7 Å². The largest absolute Gasteiger partial charge is 0.359 e. The Morgan fingerprint density at radius 2 is 2.62 bits per heavy atom. The van der Waals surface area contributed by atoms with Gasteiger partial charge in [0, 0.05) is 18.7 Å². The monoisotopic (exact) mass is 179 g/mol. The van der Waals surface area contributed by atoms with E-state index in [0.717, 1.165) is 19.3 Å². The Morgan fingerprint density at radius 3 is 3.38 bits per heavy atom. The van der Waals surface area contributed by atoms with E-state index < -0.39 is 0 Å². The second kappa shape index (κ2) is 3.20. The molecule has 0 bridgehead atoms. The Balaban J connectivity index is 2.13. The summed E-state index contributed by atoms with van der Waals surface area (Å²) in [5, 5.41) is 9.61. The van der Waals surface area contributed by atoms with Crippen LogP contribution in [-0.4, -0.2) is 23.2 Å². The molecule has 1 aliphatic rings. The zero-order chi connectivity index (χ0) is 9.26. The van der Waals surface area contributed by atoms with Gasteiger partial charge in [0.25, 0.3) is 0 Å². The standard InChI is InChI=1S/C9H13N3O/c1-10-9(13)6-2-3-8-7(4-6)5-11-12-8/h5-6H,2-4H2,1H3,(H,10,13)(H,11,12). The van der Waals surface area contributed by atoms with Crippen LogP contribution >= 0.6 is 0 Å². The number of hydrogen-bond acceptors (Lipinski definition) is 2. The van der Waals surface area contributed by atoms with E-state index in [9.17, 15) is 4.79 Å². The molecule has 0 saturated carbocycles. The van der Waals surface area contributed by atoms with Crippen molar-refractivity contribution >= 4 is 5.91 Å². The van der Waals surface area contributed by atoms with E-state index in [-0.39, 0.29) is 11.8 Å². The molecule has 2 rings (SSSR count). The molecule has 0 saturated heterocycles. The zero-order valence-electron chi connectivity index (χ0n) is 7.63. The first-order valence-electron chi connectivity index (χ1n) is 4.54. The second-order valence-electron chi connectivity index (χ2n) is 3.43. The predicted octanol–water partition coefficient (Wildman–Crippen LogP) is 0.261. The average Bonchev–Trinajstić information content (AvgIpc) is 2.63. The van der Waals surface area contributed by atoms with E-state index in [2.05, 4.69) is 15.5 Å². The first kappa shape index (κ1) is 8.29. The van der Waals surface area contributed by atoms with Gasteiger partial charge in [0.1, 0.15) is 0 Å². The first-order chi connectivity index (χ1) is 6.31. The van der Waals surface area contributed by atoms with Gasteiger partial charge in [-0.05, 0) is 24.8 Å². The molecule has 0 spiro atoms. The maximum atomic E-state index is 11.4. The number of H-pyrrole nitrogens is 1. The van der Waals surface area contributed by atoms with Crippen LogP contribution in [0.3, 0.4) is 0 Å². The van der Waals surface area contributed by atoms with E-state index in [4.69, 9.17) is 0 Å². The third-order valence-electron chi connectivity index (χ3n) is 2.63. The lowest BCUT2D eigenvalue weighted by atomic mass is 9.87. The SMILES string of the molecule is CNC(=O)C1CCc2[nH]ncc2C1. The summed E-state index contributed by atoms with van der Waals surface area (Å²) in [6.45, 7) is 0. The summed E-state index contributed by atoms with van der Waals surface area (Å²) in [5.41, 5.74) is 2.39. The van der Waals surface area contributed by atoms with Gasteiger partial charge in [-0.25, -0.2) is 0 Å². The molecule has 0 aliphatic heterocycles. The molecule has 1 aromatic rings. The van der Waals surface area contributed by atoms with E-state index >= 15 is 0 Å². The summed E-state index contributed by atoms with van der Waals surface area (Å²) in [7, 11) is 1.69. The van der Waals surface area contributed by atoms with Crippen molar-refractivity contribution < 1.29 is 4.79 Å². The van der Waals surface area contributed by atoms with E-state index in [1.165, 1.54) is 11.3 Å². The fourth-order valence-electron chi connectivity index (χ4n) is 1.84. The summed E-state index contributed by atoms with van der Waals surface area (Å²) in [6, 6.07) is 0. The van der Waals surface area contributed by atoms with E-state index in [1.807, 2.05) is 6.20 Å². The molecular formula is C9H13N3O. The molecule has 70 valence electrons. The highest BCUT2D eigenvalue weighted by Gasteiger charge is 2.24. The van der Waals surface area contributed by atoms with Gasteiger partial charge in [0.15, 0.2) is 0 Å². The van der Waals surface area contributed by atoms with Gasteiger partial charge in [-0.2, -0.15) is 5.10 Å². The molecule has 1 atom stereocenters. The Kier molecular flexibility index (Phi) is 2.04. The summed E-state index contributed by atoms with van der Waals surface area (Å²) in [6.07, 6.45) is 4.51. The molecule has 0 fully saturated rings. The Morgan fingerprint density at radius 1 is 1.77 bits per heavy atom. The number of hydrogen-bond donors (Lipinski definition) is 2. The topological polar surface area (TPSA) is 57.8 Å². The van der Waals surface area contributed by atoms with Crippen molar-refractivity contribution in [2.24, 2.45) is 5.92 Å². The van der Waals surface area contributed by atoms with Gasteiger partial charge < -0.3 is 5.32 Å². The van der Waals surface area contributed by atoms with Crippen molar-refractivity contribution in [2.75, 3.05) is 7.05 Å². The summed E-state index contributed by atoms with van der Waals surface area (Å²) in [5.74, 6) is 0.280. The van der Waals surface area contributed by atoms with Crippen molar-refractivity contribution in [3.63, 3.8) is 0 Å². The van der Waals surface area contributed by atoms with Gasteiger partial charge in [0.2, 0.25) is 5.91 Å². The van der Waals surface area contributed by atoms with Crippen LogP contribution in [-0.2, 0) is 17.6 Å². The third-order valence-corrected chi connectivity index (χ3v) is 2.63. The van der Waals surface area contributed by atoms with Crippen LogP contribution in [0, 0.1) is 5.92 Å². The number of fused-ring (bicyclic) bond motifs is 1. The van der Waals surface area contributed by atoms with Crippen molar-refractivity contribution in [1.29, 1.82) is 0 Å². The zero-order valence-corrected chi connectivity index (χ0v) is 7.63. The molecule has 1 aliphatic carbocycles.